The maximum absolute atomic E-state index is 13.5. The first kappa shape index (κ1) is 27.6. The molecule has 1 heterocycles. The van der Waals surface area contributed by atoms with Crippen molar-refractivity contribution in [3.63, 3.8) is 0 Å². The second-order valence-electron chi connectivity index (χ2n) is 10.1. The molecule has 1 amide bonds. The van der Waals surface area contributed by atoms with Crippen molar-refractivity contribution in [2.45, 2.75) is 38.5 Å². The Morgan fingerprint density at radius 1 is 1.03 bits per heavy atom. The summed E-state index contributed by atoms with van der Waals surface area (Å²) >= 11 is 0. The van der Waals surface area contributed by atoms with Crippen LogP contribution >= 0.6 is 0 Å². The van der Waals surface area contributed by atoms with E-state index >= 15 is 0 Å². The van der Waals surface area contributed by atoms with Crippen molar-refractivity contribution in [3.8, 4) is 5.75 Å². The Kier molecular flexibility index (Phi) is 8.41. The van der Waals surface area contributed by atoms with Crippen LogP contribution in [0.1, 0.15) is 46.8 Å². The Labute approximate surface area is 220 Å². The van der Waals surface area contributed by atoms with E-state index in [0.717, 1.165) is 17.4 Å². The molecule has 0 saturated carbocycles. The first-order valence-corrected chi connectivity index (χ1v) is 12.6. The molecule has 38 heavy (non-hydrogen) atoms. The predicted octanol–water partition coefficient (Wildman–Crippen LogP) is 6.62. The normalized spacial score (nSPS) is 18.1. The summed E-state index contributed by atoms with van der Waals surface area (Å²) in [6, 6.07) is 18.4. The van der Waals surface area contributed by atoms with E-state index < -0.39 is 17.6 Å². The van der Waals surface area contributed by atoms with Gasteiger partial charge in [-0.15, -0.1) is 0 Å². The highest BCUT2D eigenvalue weighted by Crippen LogP contribution is 2.38. The van der Waals surface area contributed by atoms with E-state index in [0.29, 0.717) is 37.3 Å². The third-order valence-electron chi connectivity index (χ3n) is 7.15. The van der Waals surface area contributed by atoms with Gasteiger partial charge in [-0.1, -0.05) is 36.4 Å². The van der Waals surface area contributed by atoms with Gasteiger partial charge in [0.1, 0.15) is 11.6 Å². The van der Waals surface area contributed by atoms with Crippen molar-refractivity contribution in [1.29, 1.82) is 0 Å². The summed E-state index contributed by atoms with van der Waals surface area (Å²) in [6.45, 7) is 5.88. The Bertz CT molecular complexity index is 1240. The molecule has 0 unspecified atom stereocenters. The van der Waals surface area contributed by atoms with E-state index in [1.807, 2.05) is 38.1 Å². The van der Waals surface area contributed by atoms with Gasteiger partial charge >= 0.3 is 6.18 Å². The number of para-hydroxylation sites is 1. The molecule has 1 aliphatic rings. The first-order chi connectivity index (χ1) is 18.1. The lowest BCUT2D eigenvalue weighted by Crippen LogP contribution is -2.42. The molecule has 3 aromatic rings. The van der Waals surface area contributed by atoms with Crippen LogP contribution in [0.15, 0.2) is 72.8 Å². The van der Waals surface area contributed by atoms with Crippen LogP contribution in [-0.2, 0) is 12.7 Å². The number of rotatable bonds is 8. The molecule has 0 N–H and O–H groups in total. The van der Waals surface area contributed by atoms with Gasteiger partial charge in [0.15, 0.2) is 0 Å². The van der Waals surface area contributed by atoms with Gasteiger partial charge in [-0.2, -0.15) is 13.2 Å². The summed E-state index contributed by atoms with van der Waals surface area (Å²) in [7, 11) is 1.61. The predicted molar refractivity (Wildman–Crippen MR) is 139 cm³/mol. The number of hydrogen-bond acceptors (Lipinski definition) is 3. The van der Waals surface area contributed by atoms with Gasteiger partial charge in [0.05, 0.1) is 12.7 Å². The van der Waals surface area contributed by atoms with Crippen molar-refractivity contribution in [1.82, 2.24) is 9.80 Å². The van der Waals surface area contributed by atoms with E-state index in [4.69, 9.17) is 4.74 Å². The minimum absolute atomic E-state index is 0.111. The quantitative estimate of drug-likeness (QED) is 0.308. The van der Waals surface area contributed by atoms with Gasteiger partial charge in [0, 0.05) is 49.3 Å². The fraction of sp³-hybridized carbons (Fsp3) is 0.367. The summed E-state index contributed by atoms with van der Waals surface area (Å²) in [5.74, 6) is -0.230. The molecular formula is C30H32F4N2O2. The molecule has 1 fully saturated rings. The fourth-order valence-corrected chi connectivity index (χ4v) is 5.21. The van der Waals surface area contributed by atoms with Crippen LogP contribution in [0.2, 0.25) is 0 Å². The molecule has 0 spiro atoms. The highest BCUT2D eigenvalue weighted by Gasteiger charge is 2.38. The van der Waals surface area contributed by atoms with Gasteiger partial charge in [-0.05, 0) is 61.7 Å². The second kappa shape index (κ2) is 11.6. The van der Waals surface area contributed by atoms with Crippen LogP contribution in [0, 0.1) is 11.7 Å². The number of benzene rings is 3. The van der Waals surface area contributed by atoms with Gasteiger partial charge < -0.3 is 9.64 Å². The largest absolute Gasteiger partial charge is 0.496 e. The maximum Gasteiger partial charge on any atom is 0.416 e. The fourth-order valence-electron chi connectivity index (χ4n) is 5.21. The van der Waals surface area contributed by atoms with Crippen LogP contribution < -0.4 is 4.74 Å². The SMILES string of the molecule is COc1ccccc1CN1C[C@H](CN(C(=O)c2ccc(F)cc2)C(C)C)[C@H](c2cccc(C(F)(F)F)c2)C1. The molecule has 8 heteroatoms. The molecule has 0 radical (unpaired) electrons. The summed E-state index contributed by atoms with van der Waals surface area (Å²) < 4.78 is 59.6. The van der Waals surface area contributed by atoms with Crippen molar-refractivity contribution >= 4 is 5.91 Å². The molecule has 4 rings (SSSR count). The molecule has 3 aromatic carbocycles. The summed E-state index contributed by atoms with van der Waals surface area (Å²) in [5.41, 5.74) is 1.28. The maximum atomic E-state index is 13.5. The second-order valence-corrected chi connectivity index (χ2v) is 10.1. The van der Waals surface area contributed by atoms with E-state index in [1.165, 1.54) is 36.4 Å². The van der Waals surface area contributed by atoms with Crippen molar-refractivity contribution in [2.75, 3.05) is 26.7 Å². The zero-order chi connectivity index (χ0) is 27.4. The Balaban J connectivity index is 1.64. The number of alkyl halides is 3. The third kappa shape index (κ3) is 6.35. The lowest BCUT2D eigenvalue weighted by Gasteiger charge is -2.32. The van der Waals surface area contributed by atoms with Gasteiger partial charge in [0.2, 0.25) is 0 Å². The van der Waals surface area contributed by atoms with E-state index in [2.05, 4.69) is 4.90 Å². The number of halogens is 4. The number of ether oxygens (including phenoxy) is 1. The topological polar surface area (TPSA) is 32.8 Å². The van der Waals surface area contributed by atoms with Crippen LogP contribution in [0.3, 0.4) is 0 Å². The molecule has 0 aromatic heterocycles. The molecule has 2 atom stereocenters. The lowest BCUT2D eigenvalue weighted by molar-refractivity contribution is -0.137. The van der Waals surface area contributed by atoms with Gasteiger partial charge in [0.25, 0.3) is 5.91 Å². The number of methoxy groups -OCH3 is 1. The number of carbonyl (C=O) groups excluding carboxylic acids is 1. The average molecular weight is 529 g/mol. The highest BCUT2D eigenvalue weighted by molar-refractivity contribution is 5.94. The standard InChI is InChI=1S/C30H32F4N2O2/c1-20(2)36(29(37)21-11-13-26(31)14-12-21)18-24-17-35(16-23-7-4-5-10-28(23)38-3)19-27(24)22-8-6-9-25(15-22)30(32,33)34/h4-15,20,24,27H,16-19H2,1-3H3/t24-,27+/m1/s1. The van der Waals surface area contributed by atoms with Crippen LogP contribution in [0.5, 0.6) is 5.75 Å². The van der Waals surface area contributed by atoms with E-state index in [9.17, 15) is 22.4 Å². The molecular weight excluding hydrogens is 496 g/mol. The zero-order valence-corrected chi connectivity index (χ0v) is 21.7. The summed E-state index contributed by atoms with van der Waals surface area (Å²) in [6.07, 6.45) is -4.44. The summed E-state index contributed by atoms with van der Waals surface area (Å²) in [4.78, 5) is 17.3. The van der Waals surface area contributed by atoms with Crippen LogP contribution in [0.4, 0.5) is 17.6 Å². The highest BCUT2D eigenvalue weighted by atomic mass is 19.4. The third-order valence-corrected chi connectivity index (χ3v) is 7.15. The number of hydrogen-bond donors (Lipinski definition) is 0. The van der Waals surface area contributed by atoms with E-state index in [-0.39, 0.29) is 23.8 Å². The van der Waals surface area contributed by atoms with Crippen molar-refractivity contribution in [3.05, 3.63) is 101 Å². The van der Waals surface area contributed by atoms with E-state index in [1.54, 1.807) is 18.1 Å². The Morgan fingerprint density at radius 2 is 1.74 bits per heavy atom. The molecule has 1 aliphatic heterocycles. The number of amides is 1. The number of carbonyl (C=O) groups is 1. The van der Waals surface area contributed by atoms with Gasteiger partial charge in [-0.3, -0.25) is 9.69 Å². The minimum Gasteiger partial charge on any atom is -0.496 e. The Hall–Kier alpha value is -3.39. The molecule has 1 saturated heterocycles. The summed E-state index contributed by atoms with van der Waals surface area (Å²) in [5, 5.41) is 0. The van der Waals surface area contributed by atoms with Crippen LogP contribution in [0.25, 0.3) is 0 Å². The number of nitrogens with zero attached hydrogens (tertiary/aromatic N) is 2. The number of likely N-dealkylation sites (tertiary alicyclic amines) is 1. The van der Waals surface area contributed by atoms with Crippen molar-refractivity contribution < 1.29 is 27.1 Å². The van der Waals surface area contributed by atoms with Crippen molar-refractivity contribution in [2.24, 2.45) is 5.92 Å². The minimum atomic E-state index is -4.44. The molecule has 0 aliphatic carbocycles. The average Bonchev–Trinajstić information content (AvgIpc) is 3.29. The van der Waals surface area contributed by atoms with Gasteiger partial charge in [-0.25, -0.2) is 4.39 Å². The molecule has 0 bridgehead atoms. The van der Waals surface area contributed by atoms with Crippen LogP contribution in [-0.4, -0.2) is 48.5 Å². The first-order valence-electron chi connectivity index (χ1n) is 12.6. The molecule has 202 valence electrons. The Morgan fingerprint density at radius 3 is 2.39 bits per heavy atom. The lowest BCUT2D eigenvalue weighted by atomic mass is 9.87. The zero-order valence-electron chi connectivity index (χ0n) is 21.7. The monoisotopic (exact) mass is 528 g/mol. The molecule has 4 nitrogen and oxygen atoms in total. The smallest absolute Gasteiger partial charge is 0.416 e.